The zero-order valence-electron chi connectivity index (χ0n) is 13.1. The second kappa shape index (κ2) is 6.82. The van der Waals surface area contributed by atoms with E-state index in [9.17, 15) is 4.79 Å². The van der Waals surface area contributed by atoms with Crippen molar-refractivity contribution in [3.63, 3.8) is 0 Å². The second-order valence-electron chi connectivity index (χ2n) is 5.49. The van der Waals surface area contributed by atoms with E-state index in [2.05, 4.69) is 10.4 Å². The third kappa shape index (κ3) is 3.36. The van der Waals surface area contributed by atoms with E-state index in [0.29, 0.717) is 16.6 Å². The quantitative estimate of drug-likeness (QED) is 0.685. The summed E-state index contributed by atoms with van der Waals surface area (Å²) in [6.45, 7) is 0. The van der Waals surface area contributed by atoms with E-state index in [1.54, 1.807) is 53.0 Å². The van der Waals surface area contributed by atoms with E-state index in [-0.39, 0.29) is 5.91 Å². The molecule has 0 unspecified atom stereocenters. The van der Waals surface area contributed by atoms with Crippen LogP contribution in [-0.2, 0) is 16.3 Å². The molecular weight excluding hydrogens is 358 g/mol. The average molecular weight is 372 g/mol. The Morgan fingerprint density at radius 2 is 2.12 bits per heavy atom. The topological polar surface area (TPSA) is 60.1 Å². The number of carbonyl (C=O) groups excluding carboxylic acids is 1. The zero-order chi connectivity index (χ0) is 17.2. The van der Waals surface area contributed by atoms with E-state index in [0.717, 1.165) is 28.5 Å². The minimum absolute atomic E-state index is 0.230. The number of nitrogens with zero attached hydrogens (tertiary/aromatic N) is 2. The molecule has 0 saturated carbocycles. The zero-order valence-corrected chi connectivity index (χ0v) is 14.7. The smallest absolute Gasteiger partial charge is 0.249 e. The molecule has 0 bridgehead atoms. The van der Waals surface area contributed by atoms with Gasteiger partial charge in [-0.3, -0.25) is 4.79 Å². The Balaban J connectivity index is 1.64. The van der Waals surface area contributed by atoms with E-state index < -0.39 is 0 Å². The summed E-state index contributed by atoms with van der Waals surface area (Å²) in [5.41, 5.74) is 2.93. The van der Waals surface area contributed by atoms with Gasteiger partial charge in [0, 0.05) is 28.2 Å². The van der Waals surface area contributed by atoms with Gasteiger partial charge in [0.25, 0.3) is 0 Å². The number of furan rings is 1. The number of fused-ring (bicyclic) bond motifs is 1. The molecule has 0 saturated heterocycles. The molecule has 1 aliphatic rings. The van der Waals surface area contributed by atoms with E-state index in [1.807, 2.05) is 12.1 Å². The van der Waals surface area contributed by atoms with Gasteiger partial charge in [-0.05, 0) is 42.5 Å². The molecule has 1 aliphatic heterocycles. The van der Waals surface area contributed by atoms with E-state index >= 15 is 0 Å². The summed E-state index contributed by atoms with van der Waals surface area (Å²) in [6.07, 6.45) is 4.65. The molecule has 3 aromatic rings. The van der Waals surface area contributed by atoms with Crippen LogP contribution in [0.2, 0.25) is 5.02 Å². The van der Waals surface area contributed by atoms with Crippen molar-refractivity contribution >= 4 is 41.2 Å². The minimum Gasteiger partial charge on any atom is -0.465 e. The van der Waals surface area contributed by atoms with Crippen molar-refractivity contribution in [3.8, 4) is 5.69 Å². The lowest BCUT2D eigenvalue weighted by Crippen LogP contribution is -2.13. The van der Waals surface area contributed by atoms with Gasteiger partial charge in [0.1, 0.15) is 11.6 Å². The lowest BCUT2D eigenvalue weighted by atomic mass is 10.2. The first-order valence-electron chi connectivity index (χ1n) is 7.68. The number of hydrogen-bond donors (Lipinski definition) is 1. The maximum absolute atomic E-state index is 12.3. The molecule has 0 atom stereocenters. The lowest BCUT2D eigenvalue weighted by molar-refractivity contribution is -0.111. The number of nitrogens with one attached hydrogen (secondary N) is 1. The first kappa shape index (κ1) is 16.1. The highest BCUT2D eigenvalue weighted by Gasteiger charge is 2.24. The maximum Gasteiger partial charge on any atom is 0.249 e. The van der Waals surface area contributed by atoms with Crippen molar-refractivity contribution in [2.75, 3.05) is 5.32 Å². The van der Waals surface area contributed by atoms with Gasteiger partial charge < -0.3 is 9.73 Å². The Bertz CT molecular complexity index is 930. The van der Waals surface area contributed by atoms with Gasteiger partial charge in [-0.25, -0.2) is 4.68 Å². The first-order chi connectivity index (χ1) is 12.2. The Kier molecular flexibility index (Phi) is 4.38. The van der Waals surface area contributed by atoms with Crippen molar-refractivity contribution < 1.29 is 9.21 Å². The van der Waals surface area contributed by atoms with Crippen LogP contribution in [0.25, 0.3) is 11.8 Å². The average Bonchev–Trinajstić information content (AvgIpc) is 3.32. The molecule has 126 valence electrons. The van der Waals surface area contributed by atoms with E-state index in [1.165, 1.54) is 6.08 Å². The number of rotatable bonds is 4. The monoisotopic (exact) mass is 371 g/mol. The SMILES string of the molecule is O=C(C=Cc1ccco1)Nc1c2c(nn1-c1ccc(Cl)cc1)CSC2. The highest BCUT2D eigenvalue weighted by Crippen LogP contribution is 2.36. The number of hydrogen-bond acceptors (Lipinski definition) is 4. The Labute approximate surface area is 153 Å². The summed E-state index contributed by atoms with van der Waals surface area (Å²) >= 11 is 7.75. The van der Waals surface area contributed by atoms with Gasteiger partial charge in [-0.1, -0.05) is 11.6 Å². The van der Waals surface area contributed by atoms with Crippen molar-refractivity contribution in [3.05, 3.63) is 70.8 Å². The molecule has 0 radical (unpaired) electrons. The second-order valence-corrected chi connectivity index (χ2v) is 6.91. The van der Waals surface area contributed by atoms with Gasteiger partial charge >= 0.3 is 0 Å². The van der Waals surface area contributed by atoms with Gasteiger partial charge in [0.05, 0.1) is 17.6 Å². The van der Waals surface area contributed by atoms with Crippen molar-refractivity contribution in [2.24, 2.45) is 0 Å². The third-order valence-electron chi connectivity index (χ3n) is 3.81. The molecule has 3 heterocycles. The van der Waals surface area contributed by atoms with Crippen LogP contribution in [0, 0.1) is 0 Å². The predicted octanol–water partition coefficient (Wildman–Crippen LogP) is 4.52. The lowest BCUT2D eigenvalue weighted by Gasteiger charge is -2.10. The van der Waals surface area contributed by atoms with Crippen molar-refractivity contribution in [1.29, 1.82) is 0 Å². The van der Waals surface area contributed by atoms with Crippen LogP contribution in [0.5, 0.6) is 0 Å². The normalized spacial score (nSPS) is 13.3. The molecule has 25 heavy (non-hydrogen) atoms. The highest BCUT2D eigenvalue weighted by atomic mass is 35.5. The Morgan fingerprint density at radius 3 is 2.88 bits per heavy atom. The number of carbonyl (C=O) groups is 1. The molecule has 0 fully saturated rings. The number of amides is 1. The fourth-order valence-electron chi connectivity index (χ4n) is 2.61. The molecule has 2 aromatic heterocycles. The minimum atomic E-state index is -0.230. The molecular formula is C18H14ClN3O2S. The first-order valence-corrected chi connectivity index (χ1v) is 9.21. The summed E-state index contributed by atoms with van der Waals surface area (Å²) in [5.74, 6) is 2.78. The number of anilines is 1. The van der Waals surface area contributed by atoms with Crippen molar-refractivity contribution in [1.82, 2.24) is 9.78 Å². The molecule has 4 rings (SSSR count). The summed E-state index contributed by atoms with van der Waals surface area (Å²) in [6, 6.07) is 10.9. The predicted molar refractivity (Wildman–Crippen MR) is 99.9 cm³/mol. The van der Waals surface area contributed by atoms with Crippen LogP contribution in [0.3, 0.4) is 0 Å². The number of halogens is 1. The largest absolute Gasteiger partial charge is 0.465 e. The van der Waals surface area contributed by atoms with Crippen LogP contribution >= 0.6 is 23.4 Å². The molecule has 0 spiro atoms. The van der Waals surface area contributed by atoms with Gasteiger partial charge in [0.15, 0.2) is 0 Å². The number of thioether (sulfide) groups is 1. The summed E-state index contributed by atoms with van der Waals surface area (Å²) in [4.78, 5) is 12.3. The van der Waals surface area contributed by atoms with Crippen LogP contribution in [0.15, 0.2) is 53.2 Å². The molecule has 0 aliphatic carbocycles. The molecule has 1 N–H and O–H groups in total. The fourth-order valence-corrected chi connectivity index (χ4v) is 3.77. The number of aromatic nitrogens is 2. The summed E-state index contributed by atoms with van der Waals surface area (Å²) in [5, 5.41) is 8.26. The van der Waals surface area contributed by atoms with Crippen LogP contribution in [0.4, 0.5) is 5.82 Å². The fraction of sp³-hybridized carbons (Fsp3) is 0.111. The van der Waals surface area contributed by atoms with Gasteiger partial charge in [0.2, 0.25) is 5.91 Å². The van der Waals surface area contributed by atoms with Crippen LogP contribution in [0.1, 0.15) is 17.0 Å². The highest BCUT2D eigenvalue weighted by molar-refractivity contribution is 7.98. The molecule has 1 amide bonds. The maximum atomic E-state index is 12.3. The van der Waals surface area contributed by atoms with Crippen LogP contribution in [-0.4, -0.2) is 15.7 Å². The van der Waals surface area contributed by atoms with Gasteiger partial charge in [-0.15, -0.1) is 0 Å². The standard InChI is InChI=1S/C18H14ClN3O2S/c19-12-3-5-13(6-4-12)22-18(15-10-25-11-16(15)21-22)20-17(23)8-7-14-2-1-9-24-14/h1-9H,10-11H2,(H,20,23). The summed E-state index contributed by atoms with van der Waals surface area (Å²) in [7, 11) is 0. The number of benzene rings is 1. The van der Waals surface area contributed by atoms with Crippen molar-refractivity contribution in [2.45, 2.75) is 11.5 Å². The Morgan fingerprint density at radius 1 is 1.28 bits per heavy atom. The molecule has 1 aromatic carbocycles. The molecule has 5 nitrogen and oxygen atoms in total. The third-order valence-corrected chi connectivity index (χ3v) is 5.03. The molecule has 7 heteroatoms. The van der Waals surface area contributed by atoms with Crippen LogP contribution < -0.4 is 5.32 Å². The van der Waals surface area contributed by atoms with Gasteiger partial charge in [-0.2, -0.15) is 16.9 Å². The summed E-state index contributed by atoms with van der Waals surface area (Å²) < 4.78 is 6.96. The van der Waals surface area contributed by atoms with E-state index in [4.69, 9.17) is 16.0 Å². The Hall–Kier alpha value is -2.44.